The lowest BCUT2D eigenvalue weighted by Crippen LogP contribution is -2.01. The molecule has 0 N–H and O–H groups in total. The summed E-state index contributed by atoms with van der Waals surface area (Å²) in [5.41, 5.74) is 2.45. The minimum atomic E-state index is -0.448. The van der Waals surface area contributed by atoms with Crippen molar-refractivity contribution in [3.63, 3.8) is 0 Å². The van der Waals surface area contributed by atoms with Crippen molar-refractivity contribution in [3.8, 4) is 11.1 Å². The van der Waals surface area contributed by atoms with Gasteiger partial charge in [-0.15, -0.1) is 0 Å². The molecule has 4 nitrogen and oxygen atoms in total. The second-order valence-corrected chi connectivity index (χ2v) is 6.48. The lowest BCUT2D eigenvalue weighted by molar-refractivity contribution is 0.101. The number of ketones is 1. The van der Waals surface area contributed by atoms with Crippen LogP contribution in [-0.4, -0.2) is 5.78 Å². The Morgan fingerprint density at radius 2 is 1.39 bits per heavy atom. The molecule has 3 aromatic carbocycles. The van der Waals surface area contributed by atoms with E-state index in [0.29, 0.717) is 27.7 Å². The summed E-state index contributed by atoms with van der Waals surface area (Å²) < 4.78 is 11.5. The molecule has 2 aromatic heterocycles. The van der Waals surface area contributed by atoms with Crippen LogP contribution in [0.4, 0.5) is 0 Å². The number of hydrogen-bond acceptors (Lipinski definition) is 4. The van der Waals surface area contributed by atoms with Gasteiger partial charge in [-0.25, -0.2) is 4.79 Å². The van der Waals surface area contributed by atoms with Crippen molar-refractivity contribution in [1.29, 1.82) is 0 Å². The topological polar surface area (TPSA) is 60.4 Å². The zero-order chi connectivity index (χ0) is 19.1. The standard InChI is InChI=1S/C24H14O4/c25-19-14-12-17-11-13-18-21(23(17)28-19)20(15-7-3-1-4-8-15)24(27-18)22(26)16-9-5-2-6-10-16/h1-14H. The minimum absolute atomic E-state index is 0.220. The van der Waals surface area contributed by atoms with Crippen LogP contribution >= 0.6 is 0 Å². The molecule has 0 bridgehead atoms. The zero-order valence-electron chi connectivity index (χ0n) is 14.7. The monoisotopic (exact) mass is 366 g/mol. The molecule has 0 aliphatic heterocycles. The van der Waals surface area contributed by atoms with Crippen LogP contribution < -0.4 is 5.63 Å². The fraction of sp³-hybridized carbons (Fsp3) is 0. The second-order valence-electron chi connectivity index (χ2n) is 6.48. The maximum Gasteiger partial charge on any atom is 0.336 e. The Morgan fingerprint density at radius 1 is 0.714 bits per heavy atom. The summed E-state index contributed by atoms with van der Waals surface area (Å²) in [6, 6.07) is 25.2. The first-order valence-corrected chi connectivity index (χ1v) is 8.87. The fourth-order valence-electron chi connectivity index (χ4n) is 3.47. The van der Waals surface area contributed by atoms with Crippen molar-refractivity contribution in [2.75, 3.05) is 0 Å². The van der Waals surface area contributed by atoms with Gasteiger partial charge in [0.1, 0.15) is 11.2 Å². The number of carbonyl (C=O) groups excluding carboxylic acids is 1. The molecule has 2 heterocycles. The van der Waals surface area contributed by atoms with E-state index in [9.17, 15) is 9.59 Å². The van der Waals surface area contributed by atoms with Gasteiger partial charge < -0.3 is 8.83 Å². The van der Waals surface area contributed by atoms with E-state index in [1.54, 1.807) is 24.3 Å². The predicted molar refractivity (Wildman–Crippen MR) is 108 cm³/mol. The highest BCUT2D eigenvalue weighted by Crippen LogP contribution is 2.39. The summed E-state index contributed by atoms with van der Waals surface area (Å²) in [5.74, 6) is 0.00785. The summed E-state index contributed by atoms with van der Waals surface area (Å²) in [4.78, 5) is 25.1. The molecule has 5 aromatic rings. The van der Waals surface area contributed by atoms with Gasteiger partial charge in [0.25, 0.3) is 0 Å². The van der Waals surface area contributed by atoms with Gasteiger partial charge in [-0.05, 0) is 23.8 Å². The van der Waals surface area contributed by atoms with Crippen molar-refractivity contribution in [2.45, 2.75) is 0 Å². The summed E-state index contributed by atoms with van der Waals surface area (Å²) in [6.45, 7) is 0. The molecule has 134 valence electrons. The van der Waals surface area contributed by atoms with E-state index < -0.39 is 5.63 Å². The number of carbonyl (C=O) groups is 1. The Hall–Kier alpha value is -3.92. The van der Waals surface area contributed by atoms with Crippen molar-refractivity contribution >= 4 is 27.7 Å². The van der Waals surface area contributed by atoms with E-state index in [-0.39, 0.29) is 11.5 Å². The van der Waals surface area contributed by atoms with Crippen LogP contribution in [0.1, 0.15) is 16.1 Å². The molecule has 4 heteroatoms. The zero-order valence-corrected chi connectivity index (χ0v) is 14.7. The van der Waals surface area contributed by atoms with E-state index in [1.165, 1.54) is 6.07 Å². The number of fused-ring (bicyclic) bond motifs is 3. The molecule has 0 aliphatic carbocycles. The van der Waals surface area contributed by atoms with Crippen molar-refractivity contribution < 1.29 is 13.6 Å². The summed E-state index contributed by atoms with van der Waals surface area (Å²) in [5, 5.41) is 1.39. The number of furan rings is 1. The highest BCUT2D eigenvalue weighted by molar-refractivity contribution is 6.19. The molecule has 5 rings (SSSR count). The van der Waals surface area contributed by atoms with E-state index in [4.69, 9.17) is 8.83 Å². The van der Waals surface area contributed by atoms with Gasteiger partial charge >= 0.3 is 5.63 Å². The fourth-order valence-corrected chi connectivity index (χ4v) is 3.47. The average molecular weight is 366 g/mol. The summed E-state index contributed by atoms with van der Waals surface area (Å²) in [6.07, 6.45) is 0. The highest BCUT2D eigenvalue weighted by atomic mass is 16.4. The van der Waals surface area contributed by atoms with Crippen molar-refractivity contribution in [1.82, 2.24) is 0 Å². The minimum Gasteiger partial charge on any atom is -0.452 e. The molecule has 0 aliphatic rings. The first-order chi connectivity index (χ1) is 13.7. The molecule has 0 amide bonds. The van der Waals surface area contributed by atoms with Crippen LogP contribution in [0.3, 0.4) is 0 Å². The Bertz CT molecular complexity index is 1380. The lowest BCUT2D eigenvalue weighted by Gasteiger charge is -2.04. The van der Waals surface area contributed by atoms with Gasteiger partial charge in [0.15, 0.2) is 5.76 Å². The molecule has 28 heavy (non-hydrogen) atoms. The molecule has 0 fully saturated rings. The van der Waals surface area contributed by atoms with Crippen molar-refractivity contribution in [2.24, 2.45) is 0 Å². The molecule has 0 radical (unpaired) electrons. The third-order valence-corrected chi connectivity index (χ3v) is 4.75. The van der Waals surface area contributed by atoms with Crippen molar-refractivity contribution in [3.05, 3.63) is 107 Å². The number of benzene rings is 3. The third kappa shape index (κ3) is 2.55. The molecule has 0 saturated heterocycles. The van der Waals surface area contributed by atoms with Crippen LogP contribution in [0.15, 0.2) is 98.6 Å². The molecular weight excluding hydrogens is 352 g/mol. The SMILES string of the molecule is O=C(c1ccccc1)c1oc2ccc3ccc(=O)oc3c2c1-c1ccccc1. The second kappa shape index (κ2) is 6.35. The van der Waals surface area contributed by atoms with Gasteiger partial charge in [0.2, 0.25) is 5.78 Å². The molecule has 0 unspecified atom stereocenters. The summed E-state index contributed by atoms with van der Waals surface area (Å²) in [7, 11) is 0. The predicted octanol–water partition coefficient (Wildman–Crippen LogP) is 5.44. The first kappa shape index (κ1) is 16.3. The average Bonchev–Trinajstić information content (AvgIpc) is 3.14. The number of rotatable bonds is 3. The van der Waals surface area contributed by atoms with E-state index in [0.717, 1.165) is 10.9 Å². The maximum absolute atomic E-state index is 13.2. The van der Waals surface area contributed by atoms with E-state index in [2.05, 4.69) is 0 Å². The Morgan fingerprint density at radius 3 is 2.14 bits per heavy atom. The largest absolute Gasteiger partial charge is 0.452 e. The Balaban J connectivity index is 1.91. The van der Waals surface area contributed by atoms with Crippen LogP contribution in [0.2, 0.25) is 0 Å². The van der Waals surface area contributed by atoms with Crippen LogP contribution in [0, 0.1) is 0 Å². The molecular formula is C24H14O4. The molecule has 0 atom stereocenters. The van der Waals surface area contributed by atoms with Crippen LogP contribution in [0.25, 0.3) is 33.1 Å². The van der Waals surface area contributed by atoms with Gasteiger partial charge in [-0.3, -0.25) is 4.79 Å². The maximum atomic E-state index is 13.2. The quantitative estimate of drug-likeness (QED) is 0.315. The Labute approximate surface area is 159 Å². The lowest BCUT2D eigenvalue weighted by atomic mass is 9.97. The van der Waals surface area contributed by atoms with Gasteiger partial charge in [0.05, 0.1) is 5.39 Å². The van der Waals surface area contributed by atoms with Crippen LogP contribution in [-0.2, 0) is 0 Å². The normalized spacial score (nSPS) is 11.1. The molecule has 0 saturated carbocycles. The van der Waals surface area contributed by atoms with Gasteiger partial charge in [-0.2, -0.15) is 0 Å². The highest BCUT2D eigenvalue weighted by Gasteiger charge is 2.25. The van der Waals surface area contributed by atoms with Gasteiger partial charge in [-0.1, -0.05) is 60.7 Å². The van der Waals surface area contributed by atoms with E-state index >= 15 is 0 Å². The first-order valence-electron chi connectivity index (χ1n) is 8.87. The number of hydrogen-bond donors (Lipinski definition) is 0. The molecule has 0 spiro atoms. The van der Waals surface area contributed by atoms with Crippen LogP contribution in [0.5, 0.6) is 0 Å². The Kier molecular flexibility index (Phi) is 3.69. The third-order valence-electron chi connectivity index (χ3n) is 4.75. The smallest absolute Gasteiger partial charge is 0.336 e. The van der Waals surface area contributed by atoms with E-state index in [1.807, 2.05) is 54.6 Å². The summed E-state index contributed by atoms with van der Waals surface area (Å²) >= 11 is 0. The van der Waals surface area contributed by atoms with Gasteiger partial charge in [0, 0.05) is 22.6 Å².